The fourth-order valence-corrected chi connectivity index (χ4v) is 1.22. The van der Waals surface area contributed by atoms with E-state index < -0.39 is 0 Å². The smallest absolute Gasteiger partial charge is 0.0935 e. The molecule has 1 aliphatic rings. The molecule has 0 aromatic carbocycles. The van der Waals surface area contributed by atoms with Crippen LogP contribution in [0.15, 0.2) is 0 Å². The molecule has 1 fully saturated rings. The van der Waals surface area contributed by atoms with Gasteiger partial charge in [0.1, 0.15) is 0 Å². The molecule has 0 amide bonds. The summed E-state index contributed by atoms with van der Waals surface area (Å²) in [5.74, 6) is 0. The summed E-state index contributed by atoms with van der Waals surface area (Å²) in [5, 5.41) is 0. The van der Waals surface area contributed by atoms with Crippen LogP contribution in [-0.2, 0) is 9.47 Å². The van der Waals surface area contributed by atoms with Gasteiger partial charge in [-0.15, -0.1) is 0 Å². The molecule has 1 unspecified atom stereocenters. The Hall–Kier alpha value is -0.120. The van der Waals surface area contributed by atoms with Gasteiger partial charge in [-0.3, -0.25) is 0 Å². The zero-order valence-corrected chi connectivity index (χ0v) is 9.38. The van der Waals surface area contributed by atoms with Crippen LogP contribution in [0.3, 0.4) is 0 Å². The zero-order chi connectivity index (χ0) is 10.1. The van der Waals surface area contributed by atoms with E-state index >= 15 is 0 Å². The topological polar surface area (TPSA) is 21.7 Å². The van der Waals surface area contributed by atoms with Crippen LogP contribution in [0.2, 0.25) is 0 Å². The molecule has 80 valence electrons. The van der Waals surface area contributed by atoms with E-state index in [1.165, 1.54) is 0 Å². The van der Waals surface area contributed by atoms with E-state index in [-0.39, 0.29) is 6.10 Å². The minimum Gasteiger partial charge on any atom is -0.379 e. The molecule has 1 atom stereocenters. The summed E-state index contributed by atoms with van der Waals surface area (Å²) < 4.78 is 10.8. The lowest BCUT2D eigenvalue weighted by Gasteiger charge is -2.29. The summed E-state index contributed by atoms with van der Waals surface area (Å²) in [4.78, 5) is 2.27. The van der Waals surface area contributed by atoms with Gasteiger partial charge < -0.3 is 14.4 Å². The molecule has 0 spiro atoms. The van der Waals surface area contributed by atoms with E-state index in [1.807, 2.05) is 20.8 Å². The molecule has 1 aliphatic heterocycles. The second kappa shape index (κ2) is 8.48. The van der Waals surface area contributed by atoms with Crippen LogP contribution >= 0.6 is 0 Å². The van der Waals surface area contributed by atoms with Gasteiger partial charge in [0.25, 0.3) is 0 Å². The van der Waals surface area contributed by atoms with Crippen molar-refractivity contribution in [2.24, 2.45) is 0 Å². The first-order valence-electron chi connectivity index (χ1n) is 5.21. The molecule has 13 heavy (non-hydrogen) atoms. The lowest BCUT2D eigenvalue weighted by molar-refractivity contribution is -0.0612. The molecular weight excluding hydrogens is 166 g/mol. The molecule has 1 heterocycles. The second-order valence-corrected chi connectivity index (χ2v) is 2.91. The molecule has 1 saturated heterocycles. The number of morpholine rings is 1. The highest BCUT2D eigenvalue weighted by Crippen LogP contribution is 2.02. The number of likely N-dealkylation sites (N-methyl/N-ethyl adjacent to an activating group) is 1. The first kappa shape index (κ1) is 12.9. The largest absolute Gasteiger partial charge is 0.379 e. The summed E-state index contributed by atoms with van der Waals surface area (Å²) in [6.45, 7) is 10.4. The third-order valence-electron chi connectivity index (χ3n) is 1.85. The lowest BCUT2D eigenvalue weighted by Crippen LogP contribution is -2.42. The van der Waals surface area contributed by atoms with E-state index in [9.17, 15) is 0 Å². The van der Waals surface area contributed by atoms with Gasteiger partial charge in [-0.1, -0.05) is 13.8 Å². The highest BCUT2D eigenvalue weighted by Gasteiger charge is 2.16. The summed E-state index contributed by atoms with van der Waals surface area (Å²) >= 11 is 0. The van der Waals surface area contributed by atoms with Gasteiger partial charge in [0, 0.05) is 19.7 Å². The fraction of sp³-hybridized carbons (Fsp3) is 1.00. The van der Waals surface area contributed by atoms with Crippen molar-refractivity contribution >= 4 is 0 Å². The van der Waals surface area contributed by atoms with Crippen LogP contribution in [0.5, 0.6) is 0 Å². The van der Waals surface area contributed by atoms with Crippen molar-refractivity contribution in [1.82, 2.24) is 4.90 Å². The molecule has 1 rings (SSSR count). The van der Waals surface area contributed by atoms with Crippen molar-refractivity contribution in [1.29, 1.82) is 0 Å². The third kappa shape index (κ3) is 6.02. The second-order valence-electron chi connectivity index (χ2n) is 2.91. The van der Waals surface area contributed by atoms with Crippen molar-refractivity contribution in [3.63, 3.8) is 0 Å². The van der Waals surface area contributed by atoms with Crippen LogP contribution in [0, 0.1) is 0 Å². The van der Waals surface area contributed by atoms with Gasteiger partial charge in [0.15, 0.2) is 0 Å². The maximum atomic E-state index is 5.48. The van der Waals surface area contributed by atoms with Crippen molar-refractivity contribution in [2.45, 2.75) is 26.9 Å². The number of hydrogen-bond donors (Lipinski definition) is 0. The van der Waals surface area contributed by atoms with Gasteiger partial charge in [-0.2, -0.15) is 0 Å². The van der Waals surface area contributed by atoms with E-state index in [2.05, 4.69) is 11.9 Å². The highest BCUT2D eigenvalue weighted by molar-refractivity contribution is 4.67. The van der Waals surface area contributed by atoms with E-state index in [0.717, 1.165) is 32.9 Å². The average molecular weight is 189 g/mol. The first-order valence-corrected chi connectivity index (χ1v) is 5.21. The van der Waals surface area contributed by atoms with E-state index in [4.69, 9.17) is 9.47 Å². The van der Waals surface area contributed by atoms with Crippen molar-refractivity contribution in [3.8, 4) is 0 Å². The molecule has 0 N–H and O–H groups in total. The van der Waals surface area contributed by atoms with Crippen LogP contribution < -0.4 is 0 Å². The summed E-state index contributed by atoms with van der Waals surface area (Å²) in [7, 11) is 2.11. The Labute approximate surface area is 82.0 Å². The van der Waals surface area contributed by atoms with Crippen molar-refractivity contribution < 1.29 is 9.47 Å². The number of hydrogen-bond acceptors (Lipinski definition) is 3. The maximum Gasteiger partial charge on any atom is 0.0935 e. The van der Waals surface area contributed by atoms with Crippen LogP contribution in [0.25, 0.3) is 0 Å². The standard InChI is InChI=1S/C8H17NO2.C2H6/c1-3-10-7-8-6-9(2)4-5-11-8;1-2/h8H,3-7H2,1-2H3;1-2H3. The van der Waals surface area contributed by atoms with Gasteiger partial charge in [-0.05, 0) is 14.0 Å². The predicted molar refractivity (Wildman–Crippen MR) is 55.1 cm³/mol. The minimum atomic E-state index is 0.286. The Morgan fingerprint density at radius 1 is 1.46 bits per heavy atom. The van der Waals surface area contributed by atoms with Gasteiger partial charge in [-0.25, -0.2) is 0 Å². The fourth-order valence-electron chi connectivity index (χ4n) is 1.22. The molecule has 0 saturated carbocycles. The Kier molecular flexibility index (Phi) is 8.40. The number of nitrogens with zero attached hydrogens (tertiary/aromatic N) is 1. The summed E-state index contributed by atoms with van der Waals surface area (Å²) in [5.41, 5.74) is 0. The van der Waals surface area contributed by atoms with Crippen LogP contribution in [0.1, 0.15) is 20.8 Å². The predicted octanol–water partition coefficient (Wildman–Crippen LogP) is 1.38. The Morgan fingerprint density at radius 2 is 2.15 bits per heavy atom. The minimum absolute atomic E-state index is 0.286. The number of ether oxygens (including phenoxy) is 2. The Balaban J connectivity index is 0.000000671. The monoisotopic (exact) mass is 189 g/mol. The lowest BCUT2D eigenvalue weighted by atomic mass is 10.3. The SMILES string of the molecule is CC.CCOCC1CN(C)CCO1. The van der Waals surface area contributed by atoms with E-state index in [1.54, 1.807) is 0 Å². The quantitative estimate of drug-likeness (QED) is 0.669. The van der Waals surface area contributed by atoms with Crippen LogP contribution in [-0.4, -0.2) is 51.0 Å². The molecule has 0 bridgehead atoms. The van der Waals surface area contributed by atoms with Gasteiger partial charge >= 0.3 is 0 Å². The molecular formula is C10H23NO2. The maximum absolute atomic E-state index is 5.48. The third-order valence-corrected chi connectivity index (χ3v) is 1.85. The number of rotatable bonds is 3. The average Bonchev–Trinajstić information content (AvgIpc) is 2.18. The van der Waals surface area contributed by atoms with Gasteiger partial charge in [0.2, 0.25) is 0 Å². The summed E-state index contributed by atoms with van der Waals surface area (Å²) in [6.07, 6.45) is 0.286. The molecule has 3 heteroatoms. The van der Waals surface area contributed by atoms with Gasteiger partial charge in [0.05, 0.1) is 19.3 Å². The van der Waals surface area contributed by atoms with Crippen molar-refractivity contribution in [3.05, 3.63) is 0 Å². The molecule has 0 aromatic heterocycles. The molecule has 0 aliphatic carbocycles. The van der Waals surface area contributed by atoms with E-state index in [0.29, 0.717) is 0 Å². The first-order chi connectivity index (χ1) is 6.33. The normalized spacial score (nSPS) is 23.5. The molecule has 0 radical (unpaired) electrons. The van der Waals surface area contributed by atoms with Crippen LogP contribution in [0.4, 0.5) is 0 Å². The summed E-state index contributed by atoms with van der Waals surface area (Å²) in [6, 6.07) is 0. The molecule has 3 nitrogen and oxygen atoms in total. The Bertz CT molecular complexity index is 109. The highest BCUT2D eigenvalue weighted by atomic mass is 16.5. The molecule has 0 aromatic rings. The Morgan fingerprint density at radius 3 is 2.69 bits per heavy atom. The van der Waals surface area contributed by atoms with Crippen molar-refractivity contribution in [2.75, 3.05) is 40.0 Å². The zero-order valence-electron chi connectivity index (χ0n) is 9.38.